The highest BCUT2D eigenvalue weighted by Crippen LogP contribution is 2.21. The maximum atomic E-state index is 12.1. The summed E-state index contributed by atoms with van der Waals surface area (Å²) < 4.78 is 5.14. The fourth-order valence-electron chi connectivity index (χ4n) is 1.76. The second-order valence-corrected chi connectivity index (χ2v) is 4.77. The smallest absolute Gasteiger partial charge is 0.384 e. The number of rotatable bonds is 6. The van der Waals surface area contributed by atoms with E-state index in [4.69, 9.17) is 4.74 Å². The monoisotopic (exact) mass is 294 g/mol. The number of esters is 1. The van der Waals surface area contributed by atoms with Crippen molar-refractivity contribution in [2.24, 2.45) is 0 Å². The first-order valence-corrected chi connectivity index (χ1v) is 6.46. The van der Waals surface area contributed by atoms with Gasteiger partial charge in [0.2, 0.25) is 0 Å². The number of nitrogens with one attached hydrogen (secondary N) is 1. The van der Waals surface area contributed by atoms with E-state index in [2.05, 4.69) is 23.7 Å². The van der Waals surface area contributed by atoms with Crippen LogP contribution in [-0.2, 0) is 14.3 Å². The summed E-state index contributed by atoms with van der Waals surface area (Å²) in [5.41, 5.74) is -1.37. The van der Waals surface area contributed by atoms with Crippen LogP contribution in [0.4, 0.5) is 4.79 Å². The summed E-state index contributed by atoms with van der Waals surface area (Å²) >= 11 is 0. The Balaban J connectivity index is 5.48. The minimum atomic E-state index is -1.37. The quantitative estimate of drug-likeness (QED) is 0.345. The first-order chi connectivity index (χ1) is 9.71. The molecular formula is C15H22N2O4. The van der Waals surface area contributed by atoms with E-state index in [-0.39, 0.29) is 12.2 Å². The predicted molar refractivity (Wildman–Crippen MR) is 79.4 cm³/mol. The van der Waals surface area contributed by atoms with Crippen LogP contribution < -0.4 is 5.32 Å². The number of hydrogen-bond acceptors (Lipinski definition) is 4. The van der Waals surface area contributed by atoms with Gasteiger partial charge in [-0.2, -0.15) is 0 Å². The van der Waals surface area contributed by atoms with Crippen molar-refractivity contribution in [3.05, 3.63) is 12.7 Å². The van der Waals surface area contributed by atoms with Crippen molar-refractivity contribution in [3.8, 4) is 11.8 Å². The van der Waals surface area contributed by atoms with Gasteiger partial charge in [-0.15, -0.1) is 6.58 Å². The molecule has 0 aliphatic rings. The summed E-state index contributed by atoms with van der Waals surface area (Å²) in [6.07, 6.45) is 0.744. The molecule has 0 aliphatic heterocycles. The van der Waals surface area contributed by atoms with Gasteiger partial charge in [0, 0.05) is 20.0 Å². The lowest BCUT2D eigenvalue weighted by atomic mass is 9.85. The summed E-state index contributed by atoms with van der Waals surface area (Å²) in [6, 6.07) is -0.462. The number of hydrogen-bond donors (Lipinski definition) is 1. The highest BCUT2D eigenvalue weighted by molar-refractivity contribution is 5.93. The molecule has 1 N–H and O–H groups in total. The molecular weight excluding hydrogens is 272 g/mol. The number of carbonyl (C=O) groups excluding carboxylic acids is 3. The highest BCUT2D eigenvalue weighted by Gasteiger charge is 2.44. The van der Waals surface area contributed by atoms with E-state index in [9.17, 15) is 14.4 Å². The zero-order valence-electron chi connectivity index (χ0n) is 13.1. The van der Waals surface area contributed by atoms with Gasteiger partial charge < -0.3 is 15.0 Å². The molecule has 0 radical (unpaired) electrons. The molecule has 0 saturated heterocycles. The fourth-order valence-corrected chi connectivity index (χ4v) is 1.76. The van der Waals surface area contributed by atoms with Crippen LogP contribution in [0.15, 0.2) is 12.7 Å². The molecule has 0 heterocycles. The van der Waals surface area contributed by atoms with Gasteiger partial charge in [-0.1, -0.05) is 12.0 Å². The molecule has 21 heavy (non-hydrogen) atoms. The van der Waals surface area contributed by atoms with Crippen LogP contribution in [-0.4, -0.2) is 48.4 Å². The predicted octanol–water partition coefficient (Wildman–Crippen LogP) is 1.12. The Kier molecular flexibility index (Phi) is 7.22. The molecule has 0 aromatic heterocycles. The van der Waals surface area contributed by atoms with Gasteiger partial charge in [-0.05, 0) is 27.2 Å². The van der Waals surface area contributed by atoms with Crippen LogP contribution in [0.1, 0.15) is 27.2 Å². The minimum absolute atomic E-state index is 0.135. The van der Waals surface area contributed by atoms with Crippen molar-refractivity contribution in [1.82, 2.24) is 10.2 Å². The van der Waals surface area contributed by atoms with Crippen LogP contribution in [0.5, 0.6) is 0 Å². The van der Waals surface area contributed by atoms with E-state index in [0.717, 1.165) is 0 Å². The number of Topliss-reactive ketones (excluding diaryl/α,β-unsaturated/α-hetero) is 1. The molecule has 0 unspecified atom stereocenters. The van der Waals surface area contributed by atoms with E-state index in [1.54, 1.807) is 14.1 Å². The van der Waals surface area contributed by atoms with Crippen molar-refractivity contribution in [2.45, 2.75) is 38.8 Å². The third-order valence-electron chi connectivity index (χ3n) is 3.04. The first kappa shape index (κ1) is 18.7. The molecule has 0 saturated carbocycles. The van der Waals surface area contributed by atoms with Gasteiger partial charge in [0.25, 0.3) is 0 Å². The Morgan fingerprint density at radius 2 is 2.00 bits per heavy atom. The third kappa shape index (κ3) is 4.95. The molecule has 0 rings (SSSR count). The number of urea groups is 1. The zero-order chi connectivity index (χ0) is 16.6. The summed E-state index contributed by atoms with van der Waals surface area (Å²) in [5.74, 6) is 3.57. The number of amides is 2. The Morgan fingerprint density at radius 3 is 2.38 bits per heavy atom. The van der Waals surface area contributed by atoms with Crippen molar-refractivity contribution in [3.63, 3.8) is 0 Å². The van der Waals surface area contributed by atoms with E-state index in [1.165, 1.54) is 31.7 Å². The molecule has 0 bridgehead atoms. The van der Waals surface area contributed by atoms with Gasteiger partial charge in [0.1, 0.15) is 11.6 Å². The lowest BCUT2D eigenvalue weighted by Gasteiger charge is -2.36. The lowest BCUT2D eigenvalue weighted by Crippen LogP contribution is -2.62. The maximum Gasteiger partial charge on any atom is 0.384 e. The van der Waals surface area contributed by atoms with E-state index in [1.807, 2.05) is 0 Å². The van der Waals surface area contributed by atoms with Crippen LogP contribution in [0, 0.1) is 11.8 Å². The van der Waals surface area contributed by atoms with Gasteiger partial charge in [0.05, 0.1) is 0 Å². The summed E-state index contributed by atoms with van der Waals surface area (Å²) in [6.45, 7) is 7.96. The van der Waals surface area contributed by atoms with Crippen LogP contribution in [0.3, 0.4) is 0 Å². The number of ketones is 1. The second kappa shape index (κ2) is 8.10. The van der Waals surface area contributed by atoms with E-state index >= 15 is 0 Å². The van der Waals surface area contributed by atoms with Crippen molar-refractivity contribution in [2.75, 3.05) is 14.1 Å². The normalized spacial score (nSPS) is 13.8. The number of nitrogens with zero attached hydrogens (tertiary/aromatic N) is 1. The van der Waals surface area contributed by atoms with Gasteiger partial charge in [0.15, 0.2) is 5.78 Å². The topological polar surface area (TPSA) is 75.7 Å². The Morgan fingerprint density at radius 1 is 1.43 bits per heavy atom. The van der Waals surface area contributed by atoms with Crippen molar-refractivity contribution < 1.29 is 19.1 Å². The molecule has 0 spiro atoms. The Bertz CT molecular complexity index is 488. The molecule has 2 amide bonds. The SMILES string of the molecule is C=CC[C@](NC(=O)N(C)C)(C(C)=O)[C@H](C)OC(=O)C#CC. The van der Waals surface area contributed by atoms with Gasteiger partial charge in [-0.3, -0.25) is 4.79 Å². The van der Waals surface area contributed by atoms with Gasteiger partial charge in [-0.25, -0.2) is 9.59 Å². The fraction of sp³-hybridized carbons (Fsp3) is 0.533. The van der Waals surface area contributed by atoms with Crippen LogP contribution in [0.25, 0.3) is 0 Å². The summed E-state index contributed by atoms with van der Waals surface area (Å²) in [7, 11) is 3.10. The molecule has 0 aromatic rings. The van der Waals surface area contributed by atoms with Crippen LogP contribution >= 0.6 is 0 Å². The molecule has 6 nitrogen and oxygen atoms in total. The largest absolute Gasteiger partial charge is 0.450 e. The van der Waals surface area contributed by atoms with Crippen molar-refractivity contribution >= 4 is 17.8 Å². The van der Waals surface area contributed by atoms with E-state index in [0.29, 0.717) is 0 Å². The van der Waals surface area contributed by atoms with Crippen molar-refractivity contribution in [1.29, 1.82) is 0 Å². The zero-order valence-corrected chi connectivity index (χ0v) is 13.1. The average molecular weight is 294 g/mol. The van der Waals surface area contributed by atoms with Gasteiger partial charge >= 0.3 is 12.0 Å². The molecule has 0 fully saturated rings. The molecule has 0 aliphatic carbocycles. The summed E-state index contributed by atoms with van der Waals surface area (Å²) in [5, 5.41) is 2.62. The Labute approximate surface area is 125 Å². The number of carbonyl (C=O) groups is 3. The standard InChI is InChI=1S/C15H22N2O4/c1-7-9-13(19)21-12(4)15(10-8-2,11(3)18)16-14(20)17(5)6/h8,12H,2,10H2,1,3-6H3,(H,16,20)/t12-,15-/m0/s1. The molecule has 2 atom stereocenters. The first-order valence-electron chi connectivity index (χ1n) is 6.46. The minimum Gasteiger partial charge on any atom is -0.450 e. The highest BCUT2D eigenvalue weighted by atomic mass is 16.5. The Hall–Kier alpha value is -2.29. The lowest BCUT2D eigenvalue weighted by molar-refractivity contribution is -0.148. The summed E-state index contributed by atoms with van der Waals surface area (Å²) in [4.78, 5) is 36.8. The van der Waals surface area contributed by atoms with E-state index < -0.39 is 23.6 Å². The average Bonchev–Trinajstić information content (AvgIpc) is 2.37. The van der Waals surface area contributed by atoms with Crippen LogP contribution in [0.2, 0.25) is 0 Å². The molecule has 6 heteroatoms. The molecule has 0 aromatic carbocycles. The third-order valence-corrected chi connectivity index (χ3v) is 3.04. The number of ether oxygens (including phenoxy) is 1. The maximum absolute atomic E-state index is 12.1. The molecule has 116 valence electrons. The second-order valence-electron chi connectivity index (χ2n) is 4.77.